The normalized spacial score (nSPS) is 17.6. The summed E-state index contributed by atoms with van der Waals surface area (Å²) in [4.78, 5) is 3.86. The standard InChI is InChI=1S/C96H63BN4/c1-94(2,3)58-54-89-93-90(55-58)101(86-49-25-37-72-66-31-9-19-43-78(66)96(92(72)86)75-40-16-6-28-63(75)64-29-7-17-41-76(64)96)88-57-60(99-83-46-22-12-34-69(83)70-35-13-23-47-84(70)99)51-53-80(88)97(93)79-52-50-59(98-81-44-20-10-32-67(81)68-33-11-21-45-82(68)98)56-87(79)100(89)85-48-24-36-71-65-30-8-18-42-77(65)95(91(71)85)73-38-14-4-26-61(73)62-27-5-15-39-74(62)95/h4-57H,1-3H3/i10D,11D,12D,13D,20D,21D,22D,23D,32D,33D,34D,35D,44D,45D,46D,47D,50D,51D,52D,53D,56D,57D. The molecule has 0 amide bonds. The molecule has 4 aliphatic carbocycles. The molecule has 0 fully saturated rings. The molecule has 2 aromatic heterocycles. The van der Waals surface area contributed by atoms with Crippen molar-refractivity contribution in [2.24, 2.45) is 0 Å². The van der Waals surface area contributed by atoms with Crippen LogP contribution in [-0.2, 0) is 16.2 Å². The SMILES string of the molecule is [2H]c1c([2H])c(-n2c3c([2H])c([2H])c([2H])c([2H])c3c3c([2H])c([2H])c([2H])c([2H])c32)c([2H])c2c1B1c3c(cc(C(C)(C)C)cc3N(c3cccc4c3C3(c5ccccc5-c5ccccc53)c3ccccc3-4)c3c([2H])c(-n4c5c([2H])c([2H])c([2H])c([2H])c5c5c([2H])c([2H])c([2H])c([2H])c54)c([2H])c([2H])c31)N2c1cccc2c1C1(c3ccccc3-c3ccccc31)c1ccccc1-2. The number of rotatable bonds is 4. The molecule has 0 unspecified atom stereocenters. The number of benzene rings is 15. The fourth-order valence-corrected chi connectivity index (χ4v) is 18.6. The van der Waals surface area contributed by atoms with Crippen LogP contribution < -0.4 is 26.2 Å². The smallest absolute Gasteiger partial charge is 0.252 e. The van der Waals surface area contributed by atoms with Crippen LogP contribution in [0.15, 0.2) is 327 Å². The van der Waals surface area contributed by atoms with Crippen LogP contribution >= 0.6 is 0 Å². The van der Waals surface area contributed by atoms with Gasteiger partial charge in [0.1, 0.15) is 0 Å². The quantitative estimate of drug-likeness (QED) is 0.163. The topological polar surface area (TPSA) is 16.3 Å². The van der Waals surface area contributed by atoms with Gasteiger partial charge in [0.15, 0.2) is 0 Å². The molecule has 0 atom stereocenters. The Bertz CT molecular complexity index is 7220. The van der Waals surface area contributed by atoms with Crippen molar-refractivity contribution in [3.63, 3.8) is 0 Å². The molecule has 0 radical (unpaired) electrons. The minimum Gasteiger partial charge on any atom is -0.311 e. The second-order valence-electron chi connectivity index (χ2n) is 28.0. The number of anilines is 6. The van der Waals surface area contributed by atoms with E-state index in [1.807, 2.05) is 140 Å². The molecule has 17 aromatic rings. The summed E-state index contributed by atoms with van der Waals surface area (Å²) in [6.07, 6.45) is 0. The summed E-state index contributed by atoms with van der Waals surface area (Å²) in [5.41, 5.74) is 10.1. The molecule has 0 saturated heterocycles. The molecule has 0 bridgehead atoms. The zero-order valence-corrected chi connectivity index (χ0v) is 54.3. The van der Waals surface area contributed by atoms with E-state index < -0.39 is 189 Å². The Labute approximate surface area is 617 Å². The van der Waals surface area contributed by atoms with Gasteiger partial charge in [0.25, 0.3) is 6.71 Å². The van der Waals surface area contributed by atoms with E-state index in [0.717, 1.165) is 98.1 Å². The first-order valence-corrected chi connectivity index (χ1v) is 33.9. The van der Waals surface area contributed by atoms with Gasteiger partial charge in [0.2, 0.25) is 0 Å². The van der Waals surface area contributed by atoms with Gasteiger partial charge in [0, 0.05) is 66.8 Å². The van der Waals surface area contributed by atoms with Crippen LogP contribution in [0.25, 0.3) is 99.5 Å². The van der Waals surface area contributed by atoms with Gasteiger partial charge >= 0.3 is 0 Å². The number of nitrogens with zero attached hydrogens (tertiary/aromatic N) is 4. The molecule has 0 N–H and O–H groups in total. The zero-order chi connectivity index (χ0) is 85.5. The number of fused-ring (bicyclic) bond motifs is 30. The molecule has 15 aromatic carbocycles. The van der Waals surface area contributed by atoms with E-state index in [9.17, 15) is 24.7 Å². The average Bonchev–Trinajstić information content (AvgIpc) is 1.65. The molecular formula is C96H63BN4. The summed E-state index contributed by atoms with van der Waals surface area (Å²) in [7, 11) is 0. The van der Waals surface area contributed by atoms with Crippen molar-refractivity contribution >= 4 is 101 Å². The highest BCUT2D eigenvalue weighted by atomic mass is 15.2. The van der Waals surface area contributed by atoms with Crippen molar-refractivity contribution in [1.29, 1.82) is 0 Å². The fourth-order valence-electron chi connectivity index (χ4n) is 18.6. The summed E-state index contributed by atoms with van der Waals surface area (Å²) in [5.74, 6) is 0. The predicted octanol–water partition coefficient (Wildman–Crippen LogP) is 21.9. The minimum absolute atomic E-state index is 0.133. The van der Waals surface area contributed by atoms with Crippen molar-refractivity contribution in [3.05, 3.63) is 377 Å². The largest absolute Gasteiger partial charge is 0.311 e. The van der Waals surface area contributed by atoms with Crippen LogP contribution in [0.3, 0.4) is 0 Å². The van der Waals surface area contributed by atoms with Gasteiger partial charge in [-0.25, -0.2) is 0 Å². The minimum atomic E-state index is -1.63. The molecular weight excluding hydrogens is 1220 g/mol. The molecule has 2 spiro atoms. The Morgan fingerprint density at radius 1 is 0.307 bits per heavy atom. The van der Waals surface area contributed by atoms with Gasteiger partial charge in [-0.05, 0) is 178 Å². The van der Waals surface area contributed by atoms with Crippen molar-refractivity contribution in [1.82, 2.24) is 9.13 Å². The van der Waals surface area contributed by atoms with E-state index in [0.29, 0.717) is 33.8 Å². The summed E-state index contributed by atoms with van der Waals surface area (Å²) in [6, 6.07) is 49.6. The van der Waals surface area contributed by atoms with Crippen molar-refractivity contribution in [3.8, 4) is 55.9 Å². The van der Waals surface area contributed by atoms with Crippen molar-refractivity contribution in [2.75, 3.05) is 9.80 Å². The van der Waals surface area contributed by atoms with Gasteiger partial charge in [-0.3, -0.25) is 0 Å². The van der Waals surface area contributed by atoms with Crippen LogP contribution in [0.5, 0.6) is 0 Å². The van der Waals surface area contributed by atoms with Crippen LogP contribution in [0.2, 0.25) is 0 Å². The summed E-state index contributed by atoms with van der Waals surface area (Å²) < 4.78 is 223. The molecule has 470 valence electrons. The molecule has 101 heavy (non-hydrogen) atoms. The zero-order valence-electron chi connectivity index (χ0n) is 76.3. The predicted molar refractivity (Wildman–Crippen MR) is 420 cm³/mol. The molecule has 4 nitrogen and oxygen atoms in total. The average molecular weight is 1310 g/mol. The monoisotopic (exact) mass is 1300 g/mol. The lowest BCUT2D eigenvalue weighted by Crippen LogP contribution is -2.61. The number of aromatic nitrogens is 2. The van der Waals surface area contributed by atoms with Crippen LogP contribution in [0, 0.1) is 0 Å². The maximum Gasteiger partial charge on any atom is 0.252 e. The van der Waals surface area contributed by atoms with Crippen molar-refractivity contribution < 1.29 is 30.2 Å². The lowest BCUT2D eigenvalue weighted by Gasteiger charge is -2.47. The Balaban J connectivity index is 0.953. The lowest BCUT2D eigenvalue weighted by molar-refractivity contribution is 0.590. The Kier molecular flexibility index (Phi) is 7.53. The van der Waals surface area contributed by atoms with Gasteiger partial charge in [-0.1, -0.05) is 275 Å². The summed E-state index contributed by atoms with van der Waals surface area (Å²) in [5, 5.41) is -1.37. The maximum atomic E-state index is 11.8. The van der Waals surface area contributed by atoms with E-state index in [-0.39, 0.29) is 43.8 Å². The molecule has 0 saturated carbocycles. The Morgan fingerprint density at radius 2 is 0.604 bits per heavy atom. The van der Waals surface area contributed by atoms with Gasteiger partial charge in [-0.15, -0.1) is 0 Å². The number of hydrogen-bond acceptors (Lipinski definition) is 2. The third kappa shape index (κ3) is 6.87. The Morgan fingerprint density at radius 3 is 0.931 bits per heavy atom. The van der Waals surface area contributed by atoms with Crippen molar-refractivity contribution in [2.45, 2.75) is 37.0 Å². The van der Waals surface area contributed by atoms with Gasteiger partial charge in [0.05, 0.1) is 74.4 Å². The highest BCUT2D eigenvalue weighted by molar-refractivity contribution is 7.00. The highest BCUT2D eigenvalue weighted by Gasteiger charge is 2.57. The maximum absolute atomic E-state index is 11.8. The molecule has 23 rings (SSSR count). The Hall–Kier alpha value is -12.4. The second kappa shape index (κ2) is 19.7. The summed E-state index contributed by atoms with van der Waals surface area (Å²) >= 11 is 0. The van der Waals surface area contributed by atoms with E-state index in [1.165, 1.54) is 0 Å². The van der Waals surface area contributed by atoms with E-state index >= 15 is 0 Å². The van der Waals surface area contributed by atoms with Crippen LogP contribution in [0.1, 0.15) is 101 Å². The third-order valence-electron chi connectivity index (χ3n) is 22.4. The molecule has 4 heterocycles. The number of hydrogen-bond donors (Lipinski definition) is 0. The second-order valence-corrected chi connectivity index (χ2v) is 28.0. The molecule has 6 aliphatic rings. The first-order valence-electron chi connectivity index (χ1n) is 44.9. The van der Waals surface area contributed by atoms with E-state index in [4.69, 9.17) is 5.48 Å². The summed E-state index contributed by atoms with van der Waals surface area (Å²) in [6.45, 7) is 4.50. The van der Waals surface area contributed by atoms with Gasteiger partial charge in [-0.2, -0.15) is 0 Å². The first-order chi connectivity index (χ1) is 59.0. The third-order valence-corrected chi connectivity index (χ3v) is 22.4. The fraction of sp³-hybridized carbons (Fsp3) is 0.0625. The molecule has 5 heteroatoms. The number of para-hydroxylation sites is 4. The molecule has 2 aliphatic heterocycles. The van der Waals surface area contributed by atoms with E-state index in [2.05, 4.69) is 84.9 Å². The first kappa shape index (κ1) is 38.6. The lowest BCUT2D eigenvalue weighted by atomic mass is 9.33. The van der Waals surface area contributed by atoms with Gasteiger partial charge < -0.3 is 18.9 Å². The highest BCUT2D eigenvalue weighted by Crippen LogP contribution is 2.68. The van der Waals surface area contributed by atoms with E-state index in [1.54, 1.807) is 0 Å². The van der Waals surface area contributed by atoms with Crippen LogP contribution in [0.4, 0.5) is 34.1 Å². The van der Waals surface area contributed by atoms with Crippen LogP contribution in [-0.4, -0.2) is 15.8 Å².